The van der Waals surface area contributed by atoms with Gasteiger partial charge < -0.3 is 14.4 Å². The molecule has 1 saturated heterocycles. The van der Waals surface area contributed by atoms with Gasteiger partial charge >= 0.3 is 0 Å². The van der Waals surface area contributed by atoms with Crippen molar-refractivity contribution >= 4 is 5.91 Å². The number of carbonyl (C=O) groups excluding carboxylic acids is 1. The molecule has 0 spiro atoms. The van der Waals surface area contributed by atoms with Crippen LogP contribution in [-0.2, 0) is 4.74 Å². The van der Waals surface area contributed by atoms with Crippen molar-refractivity contribution in [1.29, 1.82) is 5.26 Å². The molecular formula is C22H25N3O3. The Balaban J connectivity index is 1.72. The number of rotatable bonds is 7. The lowest BCUT2D eigenvalue weighted by Crippen LogP contribution is -2.28. The third-order valence-electron chi connectivity index (χ3n) is 5.03. The van der Waals surface area contributed by atoms with Crippen molar-refractivity contribution in [2.45, 2.75) is 31.8 Å². The van der Waals surface area contributed by atoms with Crippen LogP contribution < -0.4 is 4.74 Å². The first-order chi connectivity index (χ1) is 13.6. The average Bonchev–Trinajstić information content (AvgIpc) is 3.26. The molecule has 146 valence electrons. The number of amides is 1. The molecule has 1 aromatic heterocycles. The zero-order valence-electron chi connectivity index (χ0n) is 16.4. The molecule has 1 fully saturated rings. The Labute approximate surface area is 165 Å². The summed E-state index contributed by atoms with van der Waals surface area (Å²) in [6, 6.07) is 11.2. The first kappa shape index (κ1) is 19.8. The number of ether oxygens (including phenoxy) is 2. The van der Waals surface area contributed by atoms with Crippen LogP contribution in [0.5, 0.6) is 5.88 Å². The largest absolute Gasteiger partial charge is 0.480 e. The highest BCUT2D eigenvalue weighted by Gasteiger charge is 2.18. The molecule has 1 aliphatic rings. The summed E-state index contributed by atoms with van der Waals surface area (Å²) >= 11 is 0. The van der Waals surface area contributed by atoms with Crippen LogP contribution in [0.2, 0.25) is 0 Å². The standard InChI is InChI=1S/C22H25N3O3/c1-25(12-4-8-18-9-5-13-28-18)22(26)17-7-3-6-16(14-17)19-10-11-24-21(27-2)20(19)15-23/h3,6-7,10-11,14,18H,4-5,8-9,12-13H2,1-2H3/t18-/m0/s1. The van der Waals surface area contributed by atoms with E-state index in [4.69, 9.17) is 9.47 Å². The van der Waals surface area contributed by atoms with E-state index < -0.39 is 0 Å². The molecule has 28 heavy (non-hydrogen) atoms. The molecule has 1 atom stereocenters. The van der Waals surface area contributed by atoms with Crippen molar-refractivity contribution in [2.24, 2.45) is 0 Å². The number of hydrogen-bond donors (Lipinski definition) is 0. The van der Waals surface area contributed by atoms with Gasteiger partial charge in [-0.25, -0.2) is 4.98 Å². The lowest BCUT2D eigenvalue weighted by Gasteiger charge is -2.19. The maximum Gasteiger partial charge on any atom is 0.253 e. The van der Waals surface area contributed by atoms with Crippen LogP contribution in [0.3, 0.4) is 0 Å². The highest BCUT2D eigenvalue weighted by atomic mass is 16.5. The molecular weight excluding hydrogens is 354 g/mol. The maximum atomic E-state index is 12.8. The molecule has 2 heterocycles. The van der Waals surface area contributed by atoms with Crippen LogP contribution in [0.25, 0.3) is 11.1 Å². The molecule has 0 unspecified atom stereocenters. The molecule has 6 heteroatoms. The van der Waals surface area contributed by atoms with E-state index in [1.165, 1.54) is 7.11 Å². The van der Waals surface area contributed by atoms with E-state index in [9.17, 15) is 10.1 Å². The average molecular weight is 379 g/mol. The number of aromatic nitrogens is 1. The van der Waals surface area contributed by atoms with Gasteiger partial charge in [0.25, 0.3) is 5.91 Å². The summed E-state index contributed by atoms with van der Waals surface area (Å²) in [5, 5.41) is 9.49. The molecule has 6 nitrogen and oxygen atoms in total. The zero-order chi connectivity index (χ0) is 19.9. The van der Waals surface area contributed by atoms with Gasteiger partial charge in [-0.15, -0.1) is 0 Å². The third-order valence-corrected chi connectivity index (χ3v) is 5.03. The molecule has 0 aliphatic carbocycles. The summed E-state index contributed by atoms with van der Waals surface area (Å²) in [4.78, 5) is 18.6. The second-order valence-electron chi connectivity index (χ2n) is 6.94. The van der Waals surface area contributed by atoms with Gasteiger partial charge in [0, 0.05) is 37.5 Å². The smallest absolute Gasteiger partial charge is 0.253 e. The van der Waals surface area contributed by atoms with E-state index in [1.54, 1.807) is 23.2 Å². The Hall–Kier alpha value is -2.91. The minimum atomic E-state index is -0.0336. The van der Waals surface area contributed by atoms with Crippen LogP contribution in [0.4, 0.5) is 0 Å². The summed E-state index contributed by atoms with van der Waals surface area (Å²) in [6.07, 6.45) is 6.11. The van der Waals surface area contributed by atoms with Gasteiger partial charge in [0.05, 0.1) is 13.2 Å². The lowest BCUT2D eigenvalue weighted by atomic mass is 9.99. The molecule has 0 bridgehead atoms. The normalized spacial score (nSPS) is 15.8. The molecule has 1 aromatic carbocycles. The van der Waals surface area contributed by atoms with E-state index in [0.717, 1.165) is 37.9 Å². The Morgan fingerprint density at radius 2 is 2.29 bits per heavy atom. The van der Waals surface area contributed by atoms with Crippen LogP contribution in [0, 0.1) is 11.3 Å². The predicted octanol–water partition coefficient (Wildman–Crippen LogP) is 3.66. The van der Waals surface area contributed by atoms with Gasteiger partial charge in [-0.3, -0.25) is 4.79 Å². The Bertz CT molecular complexity index is 870. The molecule has 0 N–H and O–H groups in total. The van der Waals surface area contributed by atoms with Crippen molar-refractivity contribution in [1.82, 2.24) is 9.88 Å². The van der Waals surface area contributed by atoms with E-state index in [1.807, 2.05) is 25.2 Å². The molecule has 1 amide bonds. The second kappa shape index (κ2) is 9.34. The van der Waals surface area contributed by atoms with E-state index >= 15 is 0 Å². The molecule has 1 aliphatic heterocycles. The minimum absolute atomic E-state index is 0.0336. The summed E-state index contributed by atoms with van der Waals surface area (Å²) in [5.74, 6) is 0.247. The molecule has 0 saturated carbocycles. The highest BCUT2D eigenvalue weighted by molar-refractivity contribution is 5.95. The quantitative estimate of drug-likeness (QED) is 0.734. The molecule has 2 aromatic rings. The van der Waals surface area contributed by atoms with Crippen LogP contribution in [0.15, 0.2) is 36.5 Å². The monoisotopic (exact) mass is 379 g/mol. The number of methoxy groups -OCH3 is 1. The third kappa shape index (κ3) is 4.49. The van der Waals surface area contributed by atoms with Crippen molar-refractivity contribution in [3.63, 3.8) is 0 Å². The van der Waals surface area contributed by atoms with Crippen molar-refractivity contribution < 1.29 is 14.3 Å². The van der Waals surface area contributed by atoms with Crippen LogP contribution >= 0.6 is 0 Å². The van der Waals surface area contributed by atoms with Gasteiger partial charge in [-0.2, -0.15) is 5.26 Å². The van der Waals surface area contributed by atoms with E-state index in [-0.39, 0.29) is 11.8 Å². The lowest BCUT2D eigenvalue weighted by molar-refractivity contribution is 0.0763. The highest BCUT2D eigenvalue weighted by Crippen LogP contribution is 2.29. The van der Waals surface area contributed by atoms with E-state index in [2.05, 4.69) is 11.1 Å². The SMILES string of the molecule is COc1nccc(-c2cccc(C(=O)N(C)CCC[C@H]3CCCO3)c2)c1C#N. The maximum absolute atomic E-state index is 12.8. The van der Waals surface area contributed by atoms with Gasteiger partial charge in [0.15, 0.2) is 0 Å². The predicted molar refractivity (Wildman–Crippen MR) is 106 cm³/mol. The number of benzene rings is 1. The van der Waals surface area contributed by atoms with Crippen LogP contribution in [0.1, 0.15) is 41.6 Å². The first-order valence-electron chi connectivity index (χ1n) is 9.54. The number of nitrogens with zero attached hydrogens (tertiary/aromatic N) is 3. The van der Waals surface area contributed by atoms with Gasteiger partial charge in [-0.05, 0) is 49.4 Å². The fourth-order valence-corrected chi connectivity index (χ4v) is 3.52. The van der Waals surface area contributed by atoms with Crippen molar-refractivity contribution in [3.8, 4) is 23.1 Å². The number of hydrogen-bond acceptors (Lipinski definition) is 5. The Kier molecular flexibility index (Phi) is 6.62. The summed E-state index contributed by atoms with van der Waals surface area (Å²) in [5.41, 5.74) is 2.44. The van der Waals surface area contributed by atoms with Gasteiger partial charge in [0.2, 0.25) is 5.88 Å². The van der Waals surface area contributed by atoms with E-state index in [0.29, 0.717) is 29.3 Å². The van der Waals surface area contributed by atoms with Crippen molar-refractivity contribution in [3.05, 3.63) is 47.7 Å². The fraction of sp³-hybridized carbons (Fsp3) is 0.409. The Morgan fingerprint density at radius 1 is 1.43 bits per heavy atom. The number of pyridine rings is 1. The Morgan fingerprint density at radius 3 is 3.00 bits per heavy atom. The zero-order valence-corrected chi connectivity index (χ0v) is 16.4. The second-order valence-corrected chi connectivity index (χ2v) is 6.94. The summed E-state index contributed by atoms with van der Waals surface area (Å²) in [7, 11) is 3.30. The fourth-order valence-electron chi connectivity index (χ4n) is 3.52. The number of carbonyl (C=O) groups is 1. The van der Waals surface area contributed by atoms with Crippen LogP contribution in [-0.4, -0.2) is 49.2 Å². The minimum Gasteiger partial charge on any atom is -0.480 e. The number of nitriles is 1. The first-order valence-corrected chi connectivity index (χ1v) is 9.54. The summed E-state index contributed by atoms with van der Waals surface area (Å²) < 4.78 is 10.8. The van der Waals surface area contributed by atoms with Gasteiger partial charge in [-0.1, -0.05) is 12.1 Å². The van der Waals surface area contributed by atoms with Crippen molar-refractivity contribution in [2.75, 3.05) is 27.3 Å². The molecule has 3 rings (SSSR count). The molecule has 0 radical (unpaired) electrons. The summed E-state index contributed by atoms with van der Waals surface area (Å²) in [6.45, 7) is 1.55. The van der Waals surface area contributed by atoms with Gasteiger partial charge in [0.1, 0.15) is 11.6 Å². The topological polar surface area (TPSA) is 75.4 Å².